The smallest absolute Gasteiger partial charge is 0.122 e. The molecule has 2 rings (SSSR count). The van der Waals surface area contributed by atoms with Gasteiger partial charge in [-0.2, -0.15) is 0 Å². The van der Waals surface area contributed by atoms with Gasteiger partial charge in [0.05, 0.1) is 6.04 Å². The molecular weight excluding hydrogens is 238 g/mol. The summed E-state index contributed by atoms with van der Waals surface area (Å²) in [6, 6.07) is 4.88. The van der Waals surface area contributed by atoms with Gasteiger partial charge in [-0.3, -0.25) is 4.90 Å². The van der Waals surface area contributed by atoms with Crippen molar-refractivity contribution in [2.75, 3.05) is 33.2 Å². The fraction of sp³-hybridized carbons (Fsp3) is 0.733. The third kappa shape index (κ3) is 3.38. The van der Waals surface area contributed by atoms with Crippen LogP contribution in [0.5, 0.6) is 0 Å². The second-order valence-corrected chi connectivity index (χ2v) is 5.62. The van der Waals surface area contributed by atoms with Crippen LogP contribution in [0.15, 0.2) is 16.5 Å². The van der Waals surface area contributed by atoms with Crippen LogP contribution in [0.1, 0.15) is 37.3 Å². The van der Waals surface area contributed by atoms with Crippen LogP contribution < -0.4 is 5.73 Å². The van der Waals surface area contributed by atoms with Crippen molar-refractivity contribution in [2.45, 2.75) is 38.8 Å². The number of nitrogens with two attached hydrogens (primary N) is 1. The summed E-state index contributed by atoms with van der Waals surface area (Å²) in [6.45, 7) is 8.26. The first-order valence-electron chi connectivity index (χ1n) is 7.36. The van der Waals surface area contributed by atoms with Gasteiger partial charge in [0.1, 0.15) is 11.5 Å². The van der Waals surface area contributed by atoms with Gasteiger partial charge in [0, 0.05) is 25.7 Å². The predicted molar refractivity (Wildman–Crippen MR) is 78.1 cm³/mol. The Bertz CT molecular complexity index is 390. The molecule has 0 aromatic carbocycles. The highest BCUT2D eigenvalue weighted by Gasteiger charge is 2.30. The van der Waals surface area contributed by atoms with Gasteiger partial charge in [-0.05, 0) is 45.5 Å². The van der Waals surface area contributed by atoms with E-state index in [2.05, 4.69) is 29.8 Å². The highest BCUT2D eigenvalue weighted by atomic mass is 16.3. The summed E-state index contributed by atoms with van der Waals surface area (Å²) in [4.78, 5) is 4.97. The lowest BCUT2D eigenvalue weighted by atomic mass is 10.1. The van der Waals surface area contributed by atoms with Crippen molar-refractivity contribution in [1.29, 1.82) is 0 Å². The first-order valence-corrected chi connectivity index (χ1v) is 7.36. The summed E-state index contributed by atoms with van der Waals surface area (Å²) < 4.78 is 5.81. The molecule has 4 heteroatoms. The van der Waals surface area contributed by atoms with E-state index in [1.807, 2.05) is 13.0 Å². The summed E-state index contributed by atoms with van der Waals surface area (Å²) >= 11 is 0. The summed E-state index contributed by atoms with van der Waals surface area (Å²) in [7, 11) is 2.21. The molecule has 19 heavy (non-hydrogen) atoms. The van der Waals surface area contributed by atoms with Crippen molar-refractivity contribution in [3.05, 3.63) is 23.7 Å². The normalized spacial score (nSPS) is 24.3. The number of likely N-dealkylation sites (N-methyl/N-ethyl adjacent to an activating group) is 1. The number of aryl methyl sites for hydroxylation is 1. The van der Waals surface area contributed by atoms with Crippen LogP contribution in [-0.4, -0.2) is 49.1 Å². The fourth-order valence-corrected chi connectivity index (χ4v) is 3.08. The van der Waals surface area contributed by atoms with Crippen LogP contribution in [0.25, 0.3) is 0 Å². The zero-order valence-electron chi connectivity index (χ0n) is 12.4. The van der Waals surface area contributed by atoms with Crippen LogP contribution in [0.4, 0.5) is 0 Å². The van der Waals surface area contributed by atoms with Crippen molar-refractivity contribution in [2.24, 2.45) is 5.73 Å². The lowest BCUT2D eigenvalue weighted by molar-refractivity contribution is 0.116. The Balaban J connectivity index is 2.19. The molecule has 2 heterocycles. The van der Waals surface area contributed by atoms with E-state index in [9.17, 15) is 0 Å². The standard InChI is InChI=1S/C15H27N3O/c1-4-13-11-17(3)8-5-9-18(13)14(10-16)15-7-6-12(2)19-15/h6-7,13-14H,4-5,8-11,16H2,1-3H3. The molecule has 2 atom stereocenters. The van der Waals surface area contributed by atoms with Crippen LogP contribution >= 0.6 is 0 Å². The lowest BCUT2D eigenvalue weighted by Gasteiger charge is -2.35. The van der Waals surface area contributed by atoms with E-state index >= 15 is 0 Å². The molecule has 1 aliphatic rings. The third-order valence-electron chi connectivity index (χ3n) is 4.13. The van der Waals surface area contributed by atoms with Crippen molar-refractivity contribution in [3.8, 4) is 0 Å². The molecule has 0 amide bonds. The number of nitrogens with zero attached hydrogens (tertiary/aromatic N) is 2. The van der Waals surface area contributed by atoms with E-state index < -0.39 is 0 Å². The molecule has 0 bridgehead atoms. The molecule has 2 N–H and O–H groups in total. The number of hydrogen-bond acceptors (Lipinski definition) is 4. The average molecular weight is 265 g/mol. The maximum absolute atomic E-state index is 6.03. The van der Waals surface area contributed by atoms with Crippen molar-refractivity contribution in [3.63, 3.8) is 0 Å². The van der Waals surface area contributed by atoms with Gasteiger partial charge in [0.25, 0.3) is 0 Å². The van der Waals surface area contributed by atoms with Gasteiger partial charge < -0.3 is 15.1 Å². The Morgan fingerprint density at radius 1 is 1.42 bits per heavy atom. The third-order valence-corrected chi connectivity index (χ3v) is 4.13. The van der Waals surface area contributed by atoms with Crippen LogP contribution in [0.2, 0.25) is 0 Å². The van der Waals surface area contributed by atoms with E-state index in [4.69, 9.17) is 10.2 Å². The molecule has 1 aromatic rings. The Labute approximate surface area is 116 Å². The minimum atomic E-state index is 0.213. The molecule has 4 nitrogen and oxygen atoms in total. The zero-order chi connectivity index (χ0) is 13.8. The van der Waals surface area contributed by atoms with Crippen molar-refractivity contribution >= 4 is 0 Å². The zero-order valence-corrected chi connectivity index (χ0v) is 12.4. The van der Waals surface area contributed by atoms with Crippen LogP contribution in [0.3, 0.4) is 0 Å². The van der Waals surface area contributed by atoms with Crippen molar-refractivity contribution in [1.82, 2.24) is 9.80 Å². The summed E-state index contributed by atoms with van der Waals surface area (Å²) in [5.41, 5.74) is 6.03. The van der Waals surface area contributed by atoms with Gasteiger partial charge >= 0.3 is 0 Å². The fourth-order valence-electron chi connectivity index (χ4n) is 3.08. The molecule has 0 radical (unpaired) electrons. The Hall–Kier alpha value is -0.840. The van der Waals surface area contributed by atoms with E-state index in [1.165, 1.54) is 13.0 Å². The van der Waals surface area contributed by atoms with E-state index in [0.29, 0.717) is 12.6 Å². The predicted octanol–water partition coefficient (Wildman–Crippen LogP) is 2.00. The van der Waals surface area contributed by atoms with Gasteiger partial charge in [0.15, 0.2) is 0 Å². The molecule has 0 aliphatic carbocycles. The molecular formula is C15H27N3O. The average Bonchev–Trinajstić information content (AvgIpc) is 2.72. The molecule has 1 fully saturated rings. The molecule has 2 unspecified atom stereocenters. The van der Waals surface area contributed by atoms with Gasteiger partial charge in [-0.1, -0.05) is 6.92 Å². The second kappa shape index (κ2) is 6.55. The lowest BCUT2D eigenvalue weighted by Crippen LogP contribution is -2.44. The number of furan rings is 1. The molecule has 1 aliphatic heterocycles. The summed E-state index contributed by atoms with van der Waals surface area (Å²) in [6.07, 6.45) is 2.35. The Kier molecular flexibility index (Phi) is 5.02. The van der Waals surface area contributed by atoms with Gasteiger partial charge in [-0.25, -0.2) is 0 Å². The molecule has 1 aromatic heterocycles. The molecule has 108 valence electrons. The summed E-state index contributed by atoms with van der Waals surface area (Å²) in [5, 5.41) is 0. The topological polar surface area (TPSA) is 45.6 Å². The number of hydrogen-bond donors (Lipinski definition) is 1. The van der Waals surface area contributed by atoms with Gasteiger partial charge in [-0.15, -0.1) is 0 Å². The van der Waals surface area contributed by atoms with Gasteiger partial charge in [0.2, 0.25) is 0 Å². The minimum Gasteiger partial charge on any atom is -0.465 e. The van der Waals surface area contributed by atoms with Crippen LogP contribution in [0, 0.1) is 6.92 Å². The van der Waals surface area contributed by atoms with Crippen molar-refractivity contribution < 1.29 is 4.42 Å². The second-order valence-electron chi connectivity index (χ2n) is 5.62. The van der Waals surface area contributed by atoms with E-state index in [1.54, 1.807) is 0 Å². The number of rotatable bonds is 4. The molecule has 0 saturated carbocycles. The Morgan fingerprint density at radius 3 is 2.79 bits per heavy atom. The highest BCUT2D eigenvalue weighted by Crippen LogP contribution is 2.27. The van der Waals surface area contributed by atoms with Crippen LogP contribution in [-0.2, 0) is 0 Å². The summed E-state index contributed by atoms with van der Waals surface area (Å²) in [5.74, 6) is 1.98. The largest absolute Gasteiger partial charge is 0.465 e. The maximum Gasteiger partial charge on any atom is 0.122 e. The minimum absolute atomic E-state index is 0.213. The maximum atomic E-state index is 6.03. The Morgan fingerprint density at radius 2 is 2.21 bits per heavy atom. The first kappa shape index (κ1) is 14.6. The first-order chi connectivity index (χ1) is 9.15. The molecule has 0 spiro atoms. The van der Waals surface area contributed by atoms with E-state index in [0.717, 1.165) is 31.0 Å². The SMILES string of the molecule is CCC1CN(C)CCCN1C(CN)c1ccc(C)o1. The highest BCUT2D eigenvalue weighted by molar-refractivity contribution is 5.11. The monoisotopic (exact) mass is 265 g/mol. The molecule has 1 saturated heterocycles. The quantitative estimate of drug-likeness (QED) is 0.904. The van der Waals surface area contributed by atoms with E-state index in [-0.39, 0.29) is 6.04 Å².